The first-order valence-electron chi connectivity index (χ1n) is 5.34. The molecule has 0 aromatic heterocycles. The normalized spacial score (nSPS) is 19.9. The summed E-state index contributed by atoms with van der Waals surface area (Å²) in [7, 11) is 0. The molecular formula is C11H22O2. The fraction of sp³-hybridized carbons (Fsp3) is 0.909. The minimum atomic E-state index is -0.644. The Bertz CT molecular complexity index is 146. The Hall–Kier alpha value is -0.530. The number of hydrogen-bond acceptors (Lipinski definition) is 1. The van der Waals surface area contributed by atoms with E-state index in [1.807, 2.05) is 13.8 Å². The maximum absolute atomic E-state index is 10.5. The van der Waals surface area contributed by atoms with Crippen LogP contribution in [0, 0.1) is 5.41 Å². The molecule has 0 radical (unpaired) electrons. The van der Waals surface area contributed by atoms with E-state index in [9.17, 15) is 4.79 Å². The van der Waals surface area contributed by atoms with Gasteiger partial charge in [-0.05, 0) is 18.3 Å². The molecule has 0 aromatic carbocycles. The van der Waals surface area contributed by atoms with Crippen LogP contribution >= 0.6 is 0 Å². The predicted molar refractivity (Wildman–Crippen MR) is 54.8 cm³/mol. The summed E-state index contributed by atoms with van der Waals surface area (Å²) in [6.07, 6.45) is 6.26. The zero-order valence-electron chi connectivity index (χ0n) is 9.10. The smallest absolute Gasteiger partial charge is 0.303 e. The van der Waals surface area contributed by atoms with Crippen molar-refractivity contribution >= 4 is 5.97 Å². The van der Waals surface area contributed by atoms with Gasteiger partial charge in [-0.1, -0.05) is 40.0 Å². The van der Waals surface area contributed by atoms with Crippen molar-refractivity contribution < 1.29 is 9.90 Å². The second-order valence-corrected chi connectivity index (χ2v) is 3.94. The molecule has 0 unspecified atom stereocenters. The molecule has 78 valence electrons. The van der Waals surface area contributed by atoms with E-state index in [0.717, 1.165) is 12.8 Å². The monoisotopic (exact) mass is 186 g/mol. The summed E-state index contributed by atoms with van der Waals surface area (Å²) in [5.41, 5.74) is 0.101. The molecule has 1 rings (SSSR count). The highest BCUT2D eigenvalue weighted by Gasteiger charge is 2.28. The number of aliphatic carboxylic acids is 1. The van der Waals surface area contributed by atoms with E-state index < -0.39 is 5.97 Å². The molecule has 1 saturated carbocycles. The van der Waals surface area contributed by atoms with Gasteiger partial charge in [-0.25, -0.2) is 0 Å². The van der Waals surface area contributed by atoms with E-state index in [1.165, 1.54) is 19.3 Å². The van der Waals surface area contributed by atoms with Crippen LogP contribution in [0.1, 0.15) is 59.3 Å². The predicted octanol–water partition coefficient (Wildman–Crippen LogP) is 3.46. The van der Waals surface area contributed by atoms with Gasteiger partial charge >= 0.3 is 5.97 Å². The van der Waals surface area contributed by atoms with E-state index in [2.05, 4.69) is 6.92 Å². The van der Waals surface area contributed by atoms with Gasteiger partial charge in [-0.15, -0.1) is 0 Å². The molecule has 0 bridgehead atoms. The lowest BCUT2D eigenvalue weighted by atomic mass is 9.73. The summed E-state index contributed by atoms with van der Waals surface area (Å²) in [6, 6.07) is 0. The van der Waals surface area contributed by atoms with Crippen molar-refractivity contribution in [1.29, 1.82) is 0 Å². The van der Waals surface area contributed by atoms with Crippen LogP contribution in [0.15, 0.2) is 0 Å². The minimum absolute atomic E-state index is 0.101. The molecule has 0 heterocycles. The Morgan fingerprint density at radius 2 is 1.69 bits per heavy atom. The average Bonchev–Trinajstić information content (AvgIpc) is 2.07. The van der Waals surface area contributed by atoms with Gasteiger partial charge in [0.05, 0.1) is 6.42 Å². The van der Waals surface area contributed by atoms with Crippen molar-refractivity contribution in [2.24, 2.45) is 5.41 Å². The van der Waals surface area contributed by atoms with Crippen molar-refractivity contribution in [2.45, 2.75) is 59.3 Å². The molecule has 1 N–H and O–H groups in total. The fourth-order valence-corrected chi connectivity index (χ4v) is 1.95. The highest BCUT2D eigenvalue weighted by Crippen LogP contribution is 2.38. The molecule has 0 aliphatic heterocycles. The molecule has 1 aliphatic rings. The fourth-order valence-electron chi connectivity index (χ4n) is 1.95. The number of carboxylic acid groups (broad SMARTS) is 1. The first-order chi connectivity index (χ1) is 6.12. The van der Waals surface area contributed by atoms with Gasteiger partial charge in [0.25, 0.3) is 0 Å². The Morgan fingerprint density at radius 3 is 2.08 bits per heavy atom. The molecule has 2 nitrogen and oxygen atoms in total. The van der Waals surface area contributed by atoms with Gasteiger partial charge in [0.2, 0.25) is 0 Å². The van der Waals surface area contributed by atoms with Crippen molar-refractivity contribution in [3.8, 4) is 0 Å². The van der Waals surface area contributed by atoms with Crippen LogP contribution in [0.25, 0.3) is 0 Å². The highest BCUT2D eigenvalue weighted by atomic mass is 16.4. The lowest BCUT2D eigenvalue weighted by molar-refractivity contribution is -0.140. The maximum atomic E-state index is 10.5. The second-order valence-electron chi connectivity index (χ2n) is 3.94. The summed E-state index contributed by atoms with van der Waals surface area (Å²) >= 11 is 0. The molecule has 1 aliphatic carbocycles. The van der Waals surface area contributed by atoms with Crippen LogP contribution in [0.3, 0.4) is 0 Å². The summed E-state index contributed by atoms with van der Waals surface area (Å²) < 4.78 is 0. The van der Waals surface area contributed by atoms with E-state index in [4.69, 9.17) is 5.11 Å². The Kier molecular flexibility index (Phi) is 5.76. The van der Waals surface area contributed by atoms with E-state index in [-0.39, 0.29) is 5.41 Å². The summed E-state index contributed by atoms with van der Waals surface area (Å²) in [4.78, 5) is 10.5. The third-order valence-electron chi connectivity index (χ3n) is 2.64. The first-order valence-corrected chi connectivity index (χ1v) is 5.34. The van der Waals surface area contributed by atoms with Gasteiger partial charge in [-0.3, -0.25) is 4.79 Å². The molecule has 1 fully saturated rings. The Morgan fingerprint density at radius 1 is 1.23 bits per heavy atom. The Balaban J connectivity index is 0.000000671. The van der Waals surface area contributed by atoms with Gasteiger partial charge in [0, 0.05) is 0 Å². The van der Waals surface area contributed by atoms with Gasteiger partial charge in [-0.2, -0.15) is 0 Å². The third-order valence-corrected chi connectivity index (χ3v) is 2.64. The molecule has 0 spiro atoms. The summed E-state index contributed by atoms with van der Waals surface area (Å²) in [5.74, 6) is -0.644. The van der Waals surface area contributed by atoms with Crippen LogP contribution in [0.4, 0.5) is 0 Å². The molecule has 0 amide bonds. The lowest BCUT2D eigenvalue weighted by Gasteiger charge is -2.31. The molecule has 0 atom stereocenters. The highest BCUT2D eigenvalue weighted by molar-refractivity contribution is 5.67. The van der Waals surface area contributed by atoms with Crippen LogP contribution in [0.2, 0.25) is 0 Å². The zero-order valence-corrected chi connectivity index (χ0v) is 9.10. The quantitative estimate of drug-likeness (QED) is 0.717. The number of carbonyl (C=O) groups is 1. The van der Waals surface area contributed by atoms with Crippen molar-refractivity contribution in [3.05, 3.63) is 0 Å². The molecule has 0 saturated heterocycles. The van der Waals surface area contributed by atoms with E-state index in [1.54, 1.807) is 0 Å². The maximum Gasteiger partial charge on any atom is 0.303 e. The van der Waals surface area contributed by atoms with E-state index in [0.29, 0.717) is 6.42 Å². The van der Waals surface area contributed by atoms with Gasteiger partial charge in [0.15, 0.2) is 0 Å². The molecular weight excluding hydrogens is 164 g/mol. The summed E-state index contributed by atoms with van der Waals surface area (Å²) in [5, 5.41) is 8.63. The SMILES string of the molecule is CC.CC1(CC(=O)O)CCCCC1. The molecule has 0 aromatic rings. The number of rotatable bonds is 2. The van der Waals surface area contributed by atoms with Crippen LogP contribution in [-0.2, 0) is 4.79 Å². The van der Waals surface area contributed by atoms with Crippen LogP contribution in [-0.4, -0.2) is 11.1 Å². The van der Waals surface area contributed by atoms with Crippen LogP contribution < -0.4 is 0 Å². The van der Waals surface area contributed by atoms with Gasteiger partial charge < -0.3 is 5.11 Å². The average molecular weight is 186 g/mol. The van der Waals surface area contributed by atoms with Crippen molar-refractivity contribution in [1.82, 2.24) is 0 Å². The Labute approximate surface area is 81.3 Å². The van der Waals surface area contributed by atoms with E-state index >= 15 is 0 Å². The topological polar surface area (TPSA) is 37.3 Å². The van der Waals surface area contributed by atoms with Gasteiger partial charge in [0.1, 0.15) is 0 Å². The number of carboxylic acids is 1. The standard InChI is InChI=1S/C9H16O2.C2H6/c1-9(7-8(10)11)5-3-2-4-6-9;1-2/h2-7H2,1H3,(H,10,11);1-2H3. The lowest BCUT2D eigenvalue weighted by Crippen LogP contribution is -2.23. The molecule has 13 heavy (non-hydrogen) atoms. The minimum Gasteiger partial charge on any atom is -0.481 e. The summed E-state index contributed by atoms with van der Waals surface area (Å²) in [6.45, 7) is 6.10. The third kappa shape index (κ3) is 4.91. The largest absolute Gasteiger partial charge is 0.481 e. The number of hydrogen-bond donors (Lipinski definition) is 1. The molecule has 2 heteroatoms. The van der Waals surface area contributed by atoms with Crippen molar-refractivity contribution in [2.75, 3.05) is 0 Å². The zero-order chi connectivity index (χ0) is 10.3. The second kappa shape index (κ2) is 6.01. The van der Waals surface area contributed by atoms with Crippen molar-refractivity contribution in [3.63, 3.8) is 0 Å². The van der Waals surface area contributed by atoms with Crippen LogP contribution in [0.5, 0.6) is 0 Å². The first kappa shape index (κ1) is 12.5.